The van der Waals surface area contributed by atoms with Crippen LogP contribution < -0.4 is 5.32 Å². The Morgan fingerprint density at radius 1 is 1.40 bits per heavy atom. The van der Waals surface area contributed by atoms with Crippen LogP contribution in [0.15, 0.2) is 12.1 Å². The van der Waals surface area contributed by atoms with Gasteiger partial charge in [0.1, 0.15) is 0 Å². The van der Waals surface area contributed by atoms with Gasteiger partial charge in [0.25, 0.3) is 0 Å². The summed E-state index contributed by atoms with van der Waals surface area (Å²) in [6.07, 6.45) is 0. The van der Waals surface area contributed by atoms with Crippen molar-refractivity contribution in [3.63, 3.8) is 0 Å². The summed E-state index contributed by atoms with van der Waals surface area (Å²) >= 11 is 6.11. The van der Waals surface area contributed by atoms with Crippen LogP contribution in [0, 0.1) is 6.92 Å². The van der Waals surface area contributed by atoms with Crippen LogP contribution in [0.4, 0.5) is 5.69 Å². The Morgan fingerprint density at radius 3 is 2.47 bits per heavy atom. The predicted molar refractivity (Wildman–Crippen MR) is 64.6 cm³/mol. The Balaban J connectivity index is 3.26. The van der Waals surface area contributed by atoms with Crippen LogP contribution in [0.5, 0.6) is 0 Å². The molecule has 15 heavy (non-hydrogen) atoms. The fourth-order valence-electron chi connectivity index (χ4n) is 1.53. The summed E-state index contributed by atoms with van der Waals surface area (Å²) in [5.74, 6) is 0.243. The van der Waals surface area contributed by atoms with Gasteiger partial charge in [-0.15, -0.1) is 0 Å². The van der Waals surface area contributed by atoms with Crippen molar-refractivity contribution in [2.24, 2.45) is 0 Å². The number of amides is 1. The zero-order valence-corrected chi connectivity index (χ0v) is 10.3. The number of halogens is 1. The molecule has 2 nitrogen and oxygen atoms in total. The third kappa shape index (κ3) is 2.96. The van der Waals surface area contributed by atoms with E-state index in [4.69, 9.17) is 11.6 Å². The molecular formula is C12H16ClNO. The van der Waals surface area contributed by atoms with Crippen molar-refractivity contribution >= 4 is 23.2 Å². The summed E-state index contributed by atoms with van der Waals surface area (Å²) in [6, 6.07) is 3.92. The van der Waals surface area contributed by atoms with E-state index in [2.05, 4.69) is 25.2 Å². The minimum absolute atomic E-state index is 0.0948. The van der Waals surface area contributed by atoms with Crippen molar-refractivity contribution in [3.8, 4) is 0 Å². The topological polar surface area (TPSA) is 29.1 Å². The lowest BCUT2D eigenvalue weighted by Gasteiger charge is -2.15. The van der Waals surface area contributed by atoms with Crippen molar-refractivity contribution in [1.82, 2.24) is 0 Å². The van der Waals surface area contributed by atoms with Crippen LogP contribution in [0.2, 0.25) is 5.02 Å². The second-order valence-corrected chi connectivity index (χ2v) is 4.45. The summed E-state index contributed by atoms with van der Waals surface area (Å²) in [6.45, 7) is 7.64. The van der Waals surface area contributed by atoms with Gasteiger partial charge < -0.3 is 5.32 Å². The van der Waals surface area contributed by atoms with Gasteiger partial charge in [-0.1, -0.05) is 31.5 Å². The van der Waals surface area contributed by atoms with Gasteiger partial charge in [0.15, 0.2) is 0 Å². The van der Waals surface area contributed by atoms with Crippen molar-refractivity contribution in [2.75, 3.05) is 5.32 Å². The van der Waals surface area contributed by atoms with E-state index in [0.29, 0.717) is 10.9 Å². The van der Waals surface area contributed by atoms with E-state index < -0.39 is 0 Å². The van der Waals surface area contributed by atoms with E-state index in [0.717, 1.165) is 16.8 Å². The number of aryl methyl sites for hydroxylation is 1. The largest absolute Gasteiger partial charge is 0.325 e. The number of carbonyl (C=O) groups excluding carboxylic acids is 1. The quantitative estimate of drug-likeness (QED) is 0.817. The fourth-order valence-corrected chi connectivity index (χ4v) is 1.86. The number of carbonyl (C=O) groups is 1. The first-order valence-electron chi connectivity index (χ1n) is 4.99. The molecule has 0 aliphatic carbocycles. The van der Waals surface area contributed by atoms with Crippen molar-refractivity contribution in [3.05, 3.63) is 28.3 Å². The van der Waals surface area contributed by atoms with E-state index in [-0.39, 0.29) is 5.91 Å². The first-order chi connectivity index (χ1) is 6.91. The second kappa shape index (κ2) is 4.67. The number of nitrogens with one attached hydrogen (secondary N) is 1. The van der Waals surface area contributed by atoms with Crippen LogP contribution in [0.3, 0.4) is 0 Å². The molecule has 3 heteroatoms. The van der Waals surface area contributed by atoms with Gasteiger partial charge in [-0.2, -0.15) is 0 Å². The maximum atomic E-state index is 11.1. The number of benzene rings is 1. The molecule has 0 aliphatic heterocycles. The Bertz CT molecular complexity index is 385. The smallest absolute Gasteiger partial charge is 0.221 e. The minimum atomic E-state index is -0.0948. The van der Waals surface area contributed by atoms with Crippen molar-refractivity contribution < 1.29 is 4.79 Å². The highest BCUT2D eigenvalue weighted by Crippen LogP contribution is 2.32. The highest BCUT2D eigenvalue weighted by molar-refractivity contribution is 6.34. The van der Waals surface area contributed by atoms with Gasteiger partial charge in [-0.05, 0) is 30.0 Å². The number of hydrogen-bond donors (Lipinski definition) is 1. The summed E-state index contributed by atoms with van der Waals surface area (Å²) < 4.78 is 0. The van der Waals surface area contributed by atoms with Gasteiger partial charge in [0.05, 0.1) is 10.7 Å². The highest BCUT2D eigenvalue weighted by atomic mass is 35.5. The molecule has 1 rings (SSSR count). The first-order valence-corrected chi connectivity index (χ1v) is 5.37. The molecule has 0 aliphatic rings. The molecule has 0 bridgehead atoms. The molecule has 0 fully saturated rings. The Kier molecular flexibility index (Phi) is 3.75. The van der Waals surface area contributed by atoms with E-state index in [1.54, 1.807) is 0 Å². The summed E-state index contributed by atoms with van der Waals surface area (Å²) in [7, 11) is 0. The van der Waals surface area contributed by atoms with Crippen LogP contribution in [0.1, 0.15) is 37.8 Å². The molecule has 82 valence electrons. The summed E-state index contributed by atoms with van der Waals surface area (Å²) in [4.78, 5) is 11.1. The van der Waals surface area contributed by atoms with Crippen LogP contribution in [-0.4, -0.2) is 5.91 Å². The number of rotatable bonds is 2. The van der Waals surface area contributed by atoms with E-state index >= 15 is 0 Å². The molecule has 1 aromatic rings. The molecule has 0 saturated carbocycles. The maximum absolute atomic E-state index is 11.1. The first kappa shape index (κ1) is 12.1. The molecular weight excluding hydrogens is 210 g/mol. The standard InChI is InChI=1S/C12H16ClNO/c1-7(2)10-5-8(3)6-11(13)12(10)14-9(4)15/h5-7H,1-4H3,(H,14,15). The molecule has 0 saturated heterocycles. The van der Waals surface area contributed by atoms with Crippen molar-refractivity contribution in [1.29, 1.82) is 0 Å². The number of anilines is 1. The second-order valence-electron chi connectivity index (χ2n) is 4.05. The third-order valence-corrected chi connectivity index (χ3v) is 2.49. The van der Waals surface area contributed by atoms with Gasteiger partial charge >= 0.3 is 0 Å². The zero-order valence-electron chi connectivity index (χ0n) is 9.52. The molecule has 1 N–H and O–H groups in total. The molecule has 0 radical (unpaired) electrons. The molecule has 0 heterocycles. The van der Waals surface area contributed by atoms with Gasteiger partial charge in [-0.25, -0.2) is 0 Å². The normalized spacial score (nSPS) is 10.5. The predicted octanol–water partition coefficient (Wildman–Crippen LogP) is 3.73. The lowest BCUT2D eigenvalue weighted by Crippen LogP contribution is -2.09. The average Bonchev–Trinajstić information content (AvgIpc) is 2.08. The van der Waals surface area contributed by atoms with E-state index in [9.17, 15) is 4.79 Å². The molecule has 1 aromatic carbocycles. The van der Waals surface area contributed by atoms with Crippen LogP contribution in [0.25, 0.3) is 0 Å². The summed E-state index contributed by atoms with van der Waals surface area (Å²) in [5.41, 5.74) is 2.93. The number of hydrogen-bond acceptors (Lipinski definition) is 1. The van der Waals surface area contributed by atoms with Gasteiger partial charge in [0.2, 0.25) is 5.91 Å². The highest BCUT2D eigenvalue weighted by Gasteiger charge is 2.12. The SMILES string of the molecule is CC(=O)Nc1c(Cl)cc(C)cc1C(C)C. The maximum Gasteiger partial charge on any atom is 0.221 e. The van der Waals surface area contributed by atoms with Gasteiger partial charge in [0, 0.05) is 6.92 Å². The Hall–Kier alpha value is -1.02. The third-order valence-electron chi connectivity index (χ3n) is 2.19. The minimum Gasteiger partial charge on any atom is -0.325 e. The summed E-state index contributed by atoms with van der Waals surface area (Å²) in [5, 5.41) is 3.38. The molecule has 1 amide bonds. The van der Waals surface area contributed by atoms with Crippen LogP contribution in [-0.2, 0) is 4.79 Å². The molecule has 0 spiro atoms. The lowest BCUT2D eigenvalue weighted by molar-refractivity contribution is -0.114. The molecule has 0 unspecified atom stereocenters. The molecule has 0 atom stereocenters. The fraction of sp³-hybridized carbons (Fsp3) is 0.417. The monoisotopic (exact) mass is 225 g/mol. The lowest BCUT2D eigenvalue weighted by atomic mass is 9.99. The zero-order chi connectivity index (χ0) is 11.6. The van der Waals surface area contributed by atoms with E-state index in [1.165, 1.54) is 6.92 Å². The average molecular weight is 226 g/mol. The Labute approximate surface area is 95.6 Å². The van der Waals surface area contributed by atoms with Crippen molar-refractivity contribution in [2.45, 2.75) is 33.6 Å². The van der Waals surface area contributed by atoms with Gasteiger partial charge in [-0.3, -0.25) is 4.79 Å². The molecule has 0 aromatic heterocycles. The Morgan fingerprint density at radius 2 is 2.00 bits per heavy atom. The van der Waals surface area contributed by atoms with Crippen LogP contribution >= 0.6 is 11.6 Å². The van der Waals surface area contributed by atoms with E-state index in [1.807, 2.05) is 13.0 Å².